The summed E-state index contributed by atoms with van der Waals surface area (Å²) in [6, 6.07) is 9.72. The highest BCUT2D eigenvalue weighted by molar-refractivity contribution is 7.89. The second-order valence-electron chi connectivity index (χ2n) is 4.72. The van der Waals surface area contributed by atoms with Gasteiger partial charge in [-0.05, 0) is 35.7 Å². The van der Waals surface area contributed by atoms with Gasteiger partial charge in [-0.15, -0.1) is 0 Å². The number of hydrogen-bond acceptors (Lipinski definition) is 4. The van der Waals surface area contributed by atoms with Crippen LogP contribution in [0.4, 0.5) is 0 Å². The van der Waals surface area contributed by atoms with E-state index >= 15 is 0 Å². The zero-order valence-electron chi connectivity index (χ0n) is 11.8. The van der Waals surface area contributed by atoms with E-state index in [2.05, 4.69) is 9.71 Å². The molecule has 0 fully saturated rings. The van der Waals surface area contributed by atoms with Crippen LogP contribution in [0.5, 0.6) is 0 Å². The average molecular weight is 320 g/mol. The lowest BCUT2D eigenvalue weighted by molar-refractivity contribution is -0.136. The lowest BCUT2D eigenvalue weighted by Gasteiger charge is -2.07. The number of nitrogens with zero attached hydrogens (tertiary/aromatic N) is 1. The van der Waals surface area contributed by atoms with E-state index in [1.54, 1.807) is 36.7 Å². The summed E-state index contributed by atoms with van der Waals surface area (Å²) in [5, 5.41) is 8.63. The van der Waals surface area contributed by atoms with Crippen LogP contribution in [-0.4, -0.2) is 24.5 Å². The van der Waals surface area contributed by atoms with Gasteiger partial charge in [-0.1, -0.05) is 18.2 Å². The van der Waals surface area contributed by atoms with Crippen molar-refractivity contribution in [2.24, 2.45) is 0 Å². The highest BCUT2D eigenvalue weighted by atomic mass is 32.2. The summed E-state index contributed by atoms with van der Waals surface area (Å²) < 4.78 is 26.8. The van der Waals surface area contributed by atoms with Crippen LogP contribution in [0.15, 0.2) is 53.7 Å². The molecule has 0 spiro atoms. The molecule has 0 aliphatic heterocycles. The Morgan fingerprint density at radius 2 is 1.86 bits per heavy atom. The minimum Gasteiger partial charge on any atom is -0.481 e. The average Bonchev–Trinajstić information content (AvgIpc) is 2.52. The van der Waals surface area contributed by atoms with E-state index in [-0.39, 0.29) is 17.9 Å². The van der Waals surface area contributed by atoms with Crippen molar-refractivity contribution in [2.75, 3.05) is 0 Å². The number of hydrogen-bond donors (Lipinski definition) is 2. The zero-order valence-corrected chi connectivity index (χ0v) is 12.6. The molecule has 0 aliphatic carbocycles. The summed E-state index contributed by atoms with van der Waals surface area (Å²) in [4.78, 5) is 14.6. The van der Waals surface area contributed by atoms with Gasteiger partial charge < -0.3 is 5.11 Å². The molecule has 6 nitrogen and oxygen atoms in total. The second kappa shape index (κ2) is 7.15. The fourth-order valence-electron chi connectivity index (χ4n) is 1.85. The Hall–Kier alpha value is -2.25. The van der Waals surface area contributed by atoms with E-state index in [0.29, 0.717) is 6.42 Å². The smallest absolute Gasteiger partial charge is 0.303 e. The standard InChI is InChI=1S/C15H16N2O4S/c18-15(19)8-5-12-3-6-14(7-4-12)22(20,21)17-11-13-2-1-9-16-10-13/h1-4,6-7,9-10,17H,5,8,11H2,(H,18,19). The molecule has 0 unspecified atom stereocenters. The molecular weight excluding hydrogens is 304 g/mol. The first-order chi connectivity index (χ1) is 10.5. The first-order valence-corrected chi connectivity index (χ1v) is 8.15. The minimum atomic E-state index is -3.60. The molecule has 2 N–H and O–H groups in total. The third-order valence-electron chi connectivity index (χ3n) is 3.05. The van der Waals surface area contributed by atoms with Crippen LogP contribution in [0.25, 0.3) is 0 Å². The van der Waals surface area contributed by atoms with Crippen molar-refractivity contribution in [1.29, 1.82) is 0 Å². The number of sulfonamides is 1. The Morgan fingerprint density at radius 3 is 2.45 bits per heavy atom. The molecular formula is C15H16N2O4S. The van der Waals surface area contributed by atoms with Gasteiger partial charge in [0.25, 0.3) is 0 Å². The number of carboxylic acids is 1. The molecule has 1 heterocycles. The summed E-state index contributed by atoms with van der Waals surface area (Å²) in [6.45, 7) is 0.164. The third-order valence-corrected chi connectivity index (χ3v) is 4.47. The lowest BCUT2D eigenvalue weighted by Crippen LogP contribution is -2.23. The lowest BCUT2D eigenvalue weighted by atomic mass is 10.1. The number of aryl methyl sites for hydroxylation is 1. The fraction of sp³-hybridized carbons (Fsp3) is 0.200. The summed E-state index contributed by atoms with van der Waals surface area (Å²) in [7, 11) is -3.60. The number of rotatable bonds is 7. The van der Waals surface area contributed by atoms with Crippen LogP contribution >= 0.6 is 0 Å². The largest absolute Gasteiger partial charge is 0.481 e. The van der Waals surface area contributed by atoms with Crippen LogP contribution in [-0.2, 0) is 27.8 Å². The van der Waals surface area contributed by atoms with Crippen molar-refractivity contribution in [2.45, 2.75) is 24.3 Å². The molecule has 0 saturated heterocycles. The van der Waals surface area contributed by atoms with Crippen LogP contribution in [0.2, 0.25) is 0 Å². The highest BCUT2D eigenvalue weighted by Gasteiger charge is 2.13. The molecule has 0 atom stereocenters. The predicted octanol–water partition coefficient (Wildman–Crippen LogP) is 1.58. The number of carbonyl (C=O) groups is 1. The summed E-state index contributed by atoms with van der Waals surface area (Å²) in [5.41, 5.74) is 1.55. The van der Waals surface area contributed by atoms with Crippen LogP contribution in [0.1, 0.15) is 17.5 Å². The number of carboxylic acid groups (broad SMARTS) is 1. The molecule has 0 amide bonds. The van der Waals surface area contributed by atoms with Crippen molar-refractivity contribution in [3.8, 4) is 0 Å². The summed E-state index contributed by atoms with van der Waals surface area (Å²) >= 11 is 0. The first-order valence-electron chi connectivity index (χ1n) is 6.67. The van der Waals surface area contributed by atoms with E-state index in [1.807, 2.05) is 0 Å². The summed E-state index contributed by atoms with van der Waals surface area (Å²) in [6.07, 6.45) is 3.61. The summed E-state index contributed by atoms with van der Waals surface area (Å²) in [5.74, 6) is -0.880. The molecule has 0 aliphatic rings. The molecule has 116 valence electrons. The van der Waals surface area contributed by atoms with Gasteiger partial charge >= 0.3 is 5.97 Å². The second-order valence-corrected chi connectivity index (χ2v) is 6.49. The quantitative estimate of drug-likeness (QED) is 0.807. The first kappa shape index (κ1) is 16.1. The molecule has 22 heavy (non-hydrogen) atoms. The SMILES string of the molecule is O=C(O)CCc1ccc(S(=O)(=O)NCc2cccnc2)cc1. The van der Waals surface area contributed by atoms with Gasteiger partial charge in [-0.25, -0.2) is 13.1 Å². The maximum atomic E-state index is 12.2. The molecule has 2 rings (SSSR count). The maximum absolute atomic E-state index is 12.2. The third kappa shape index (κ3) is 4.64. The van der Waals surface area contributed by atoms with Gasteiger partial charge in [-0.3, -0.25) is 9.78 Å². The number of aromatic nitrogens is 1. The van der Waals surface area contributed by atoms with Crippen molar-refractivity contribution in [3.05, 3.63) is 59.9 Å². The Balaban J connectivity index is 2.01. The Labute approximate surface area is 128 Å². The van der Waals surface area contributed by atoms with E-state index in [9.17, 15) is 13.2 Å². The normalized spacial score (nSPS) is 11.3. The van der Waals surface area contributed by atoms with Crippen LogP contribution in [0.3, 0.4) is 0 Å². The van der Waals surface area contributed by atoms with Crippen molar-refractivity contribution >= 4 is 16.0 Å². The van der Waals surface area contributed by atoms with E-state index in [1.165, 1.54) is 12.1 Å². The molecule has 1 aromatic heterocycles. The monoisotopic (exact) mass is 320 g/mol. The van der Waals surface area contributed by atoms with Crippen molar-refractivity contribution in [1.82, 2.24) is 9.71 Å². The maximum Gasteiger partial charge on any atom is 0.303 e. The van der Waals surface area contributed by atoms with Gasteiger partial charge in [0.05, 0.1) is 4.90 Å². The molecule has 0 radical (unpaired) electrons. The Kier molecular flexibility index (Phi) is 5.24. The van der Waals surface area contributed by atoms with E-state index in [0.717, 1.165) is 11.1 Å². The van der Waals surface area contributed by atoms with E-state index < -0.39 is 16.0 Å². The molecule has 0 bridgehead atoms. The van der Waals surface area contributed by atoms with E-state index in [4.69, 9.17) is 5.11 Å². The van der Waals surface area contributed by atoms with Gasteiger partial charge in [-0.2, -0.15) is 0 Å². The Bertz CT molecular complexity index is 728. The highest BCUT2D eigenvalue weighted by Crippen LogP contribution is 2.12. The molecule has 2 aromatic rings. The van der Waals surface area contributed by atoms with Gasteiger partial charge in [0.2, 0.25) is 10.0 Å². The molecule has 7 heteroatoms. The number of aliphatic carboxylic acids is 1. The topological polar surface area (TPSA) is 96.4 Å². The molecule has 1 aromatic carbocycles. The number of benzene rings is 1. The minimum absolute atomic E-state index is 0.0192. The predicted molar refractivity (Wildman–Crippen MR) is 80.7 cm³/mol. The van der Waals surface area contributed by atoms with Gasteiger partial charge in [0.15, 0.2) is 0 Å². The fourth-order valence-corrected chi connectivity index (χ4v) is 2.87. The molecule has 0 saturated carbocycles. The van der Waals surface area contributed by atoms with Crippen LogP contribution in [0, 0.1) is 0 Å². The number of pyridine rings is 1. The van der Waals surface area contributed by atoms with Crippen molar-refractivity contribution in [3.63, 3.8) is 0 Å². The van der Waals surface area contributed by atoms with Crippen molar-refractivity contribution < 1.29 is 18.3 Å². The zero-order chi connectivity index (χ0) is 16.0. The Morgan fingerprint density at radius 1 is 1.14 bits per heavy atom. The van der Waals surface area contributed by atoms with Gasteiger partial charge in [0, 0.05) is 25.4 Å². The van der Waals surface area contributed by atoms with Crippen LogP contribution < -0.4 is 4.72 Å². The van der Waals surface area contributed by atoms with Gasteiger partial charge in [0.1, 0.15) is 0 Å². The number of nitrogens with one attached hydrogen (secondary N) is 1.